The van der Waals surface area contributed by atoms with E-state index in [0.29, 0.717) is 30.8 Å². The van der Waals surface area contributed by atoms with Gasteiger partial charge in [-0.15, -0.1) is 10.2 Å². The Morgan fingerprint density at radius 3 is 2.41 bits per heavy atom. The molecule has 7 rings (SSSR count). The molecule has 2 saturated heterocycles. The molecule has 0 saturated carbocycles. The lowest BCUT2D eigenvalue weighted by atomic mass is 9.87. The summed E-state index contributed by atoms with van der Waals surface area (Å²) < 4.78 is 33.5. The molecule has 13 heteroatoms. The van der Waals surface area contributed by atoms with Gasteiger partial charge in [0.2, 0.25) is 5.82 Å². The zero-order valence-electron chi connectivity index (χ0n) is 24.3. The fraction of sp³-hybridized carbons (Fsp3) is 0.323. The molecule has 1 aromatic carbocycles. The van der Waals surface area contributed by atoms with Crippen LogP contribution in [0.4, 0.5) is 5.82 Å². The Labute approximate surface area is 254 Å². The molecule has 226 valence electrons. The van der Waals surface area contributed by atoms with Crippen molar-refractivity contribution in [3.05, 3.63) is 72.7 Å². The first kappa shape index (κ1) is 28.0. The van der Waals surface area contributed by atoms with E-state index in [2.05, 4.69) is 15.2 Å². The molecule has 0 aliphatic carbocycles. The first-order valence-electron chi connectivity index (χ1n) is 14.6. The highest BCUT2D eigenvalue weighted by Crippen LogP contribution is 2.46. The molecule has 1 amide bonds. The molecule has 3 atom stereocenters. The van der Waals surface area contributed by atoms with Crippen LogP contribution in [0.15, 0.2) is 66.1 Å². The maximum atomic E-state index is 13.2. The van der Waals surface area contributed by atoms with E-state index in [1.165, 1.54) is 12.6 Å². The summed E-state index contributed by atoms with van der Waals surface area (Å²) in [6, 6.07) is 13.5. The number of piperidine rings is 1. The molecular weight excluding hydrogens is 580 g/mol. The fourth-order valence-corrected chi connectivity index (χ4v) is 7.87. The second-order valence-electron chi connectivity index (χ2n) is 11.4. The van der Waals surface area contributed by atoms with Gasteiger partial charge in [-0.1, -0.05) is 6.07 Å². The summed E-state index contributed by atoms with van der Waals surface area (Å²) in [6.07, 6.45) is 8.91. The fourth-order valence-electron chi connectivity index (χ4n) is 6.80. The lowest BCUT2D eigenvalue weighted by Gasteiger charge is -2.38. The van der Waals surface area contributed by atoms with E-state index < -0.39 is 9.84 Å². The Kier molecular flexibility index (Phi) is 6.84. The SMILES string of the molecule is CCOc1ccc(-c2ccc(-c3ccn4c(N)c(S(C)(=O)=O)c([C@@H]5C[C@H]6CC[C@@H](C5)N6C(=O)c5nnc[nH]5)nc34)cn2)cc1. The number of carbonyl (C=O) groups is 1. The normalized spacial score (nSPS) is 19.9. The van der Waals surface area contributed by atoms with E-state index in [-0.39, 0.29) is 40.4 Å². The van der Waals surface area contributed by atoms with Gasteiger partial charge in [-0.2, -0.15) is 0 Å². The zero-order valence-corrected chi connectivity index (χ0v) is 25.2. The largest absolute Gasteiger partial charge is 0.494 e. The molecular formula is C31H32N8O4S. The maximum absolute atomic E-state index is 13.2. The van der Waals surface area contributed by atoms with Crippen molar-refractivity contribution in [2.45, 2.75) is 55.5 Å². The van der Waals surface area contributed by atoms with Gasteiger partial charge in [-0.05, 0) is 69.0 Å². The number of nitrogens with one attached hydrogen (secondary N) is 1. The van der Waals surface area contributed by atoms with Crippen LogP contribution in [0.3, 0.4) is 0 Å². The number of amides is 1. The van der Waals surface area contributed by atoms with Crippen molar-refractivity contribution < 1.29 is 17.9 Å². The van der Waals surface area contributed by atoms with Crippen LogP contribution in [0, 0.1) is 0 Å². The summed E-state index contributed by atoms with van der Waals surface area (Å²) in [7, 11) is -3.72. The summed E-state index contributed by atoms with van der Waals surface area (Å²) >= 11 is 0. The van der Waals surface area contributed by atoms with Gasteiger partial charge >= 0.3 is 0 Å². The number of pyridine rings is 1. The highest BCUT2D eigenvalue weighted by Gasteiger charge is 2.46. The predicted octanol–water partition coefficient (Wildman–Crippen LogP) is 4.12. The lowest BCUT2D eigenvalue weighted by molar-refractivity contribution is 0.0556. The van der Waals surface area contributed by atoms with E-state index in [0.717, 1.165) is 41.0 Å². The van der Waals surface area contributed by atoms with Gasteiger partial charge in [0.25, 0.3) is 5.91 Å². The van der Waals surface area contributed by atoms with Crippen LogP contribution in [0.2, 0.25) is 0 Å². The van der Waals surface area contributed by atoms with Crippen molar-refractivity contribution in [2.75, 3.05) is 18.6 Å². The Morgan fingerprint density at radius 2 is 1.80 bits per heavy atom. The molecule has 5 aromatic rings. The Hall–Kier alpha value is -4.78. The monoisotopic (exact) mass is 612 g/mol. The minimum absolute atomic E-state index is 0.0514. The van der Waals surface area contributed by atoms with Crippen molar-refractivity contribution in [3.63, 3.8) is 0 Å². The van der Waals surface area contributed by atoms with Crippen molar-refractivity contribution in [3.8, 4) is 28.1 Å². The van der Waals surface area contributed by atoms with Crippen LogP contribution in [0.25, 0.3) is 28.0 Å². The van der Waals surface area contributed by atoms with E-state index in [1.54, 1.807) is 16.8 Å². The topological polar surface area (TPSA) is 161 Å². The summed E-state index contributed by atoms with van der Waals surface area (Å²) in [5.74, 6) is 0.772. The van der Waals surface area contributed by atoms with Gasteiger partial charge in [0, 0.05) is 53.3 Å². The number of carbonyl (C=O) groups excluding carboxylic acids is 1. The second kappa shape index (κ2) is 10.7. The number of hydrogen-bond donors (Lipinski definition) is 2. The molecule has 0 spiro atoms. The maximum Gasteiger partial charge on any atom is 0.292 e. The summed E-state index contributed by atoms with van der Waals surface area (Å²) in [5, 5.41) is 7.66. The molecule has 3 N–H and O–H groups in total. The van der Waals surface area contributed by atoms with Crippen molar-refractivity contribution in [1.29, 1.82) is 0 Å². The first-order chi connectivity index (χ1) is 21.2. The molecule has 2 fully saturated rings. The van der Waals surface area contributed by atoms with E-state index in [1.807, 2.05) is 54.3 Å². The Balaban J connectivity index is 1.24. The molecule has 2 bridgehead atoms. The average Bonchev–Trinajstić information content (AvgIpc) is 3.75. The van der Waals surface area contributed by atoms with Crippen LogP contribution in [0.1, 0.15) is 54.8 Å². The van der Waals surface area contributed by atoms with Gasteiger partial charge in [0.05, 0.1) is 18.0 Å². The number of hydrogen-bond acceptors (Lipinski definition) is 9. The number of H-pyrrole nitrogens is 1. The number of ether oxygens (including phenoxy) is 1. The number of nitrogens with two attached hydrogens (primary N) is 1. The van der Waals surface area contributed by atoms with E-state index >= 15 is 0 Å². The zero-order chi connectivity index (χ0) is 30.6. The van der Waals surface area contributed by atoms with Crippen LogP contribution < -0.4 is 10.5 Å². The molecule has 6 heterocycles. The predicted molar refractivity (Wildman–Crippen MR) is 164 cm³/mol. The molecule has 44 heavy (non-hydrogen) atoms. The summed E-state index contributed by atoms with van der Waals surface area (Å²) in [6.45, 7) is 2.55. The summed E-state index contributed by atoms with van der Waals surface area (Å²) in [4.78, 5) is 27.6. The lowest BCUT2D eigenvalue weighted by Crippen LogP contribution is -2.46. The highest BCUT2D eigenvalue weighted by molar-refractivity contribution is 7.91. The number of benzene rings is 1. The standard InChI is InChI=1S/C31H32N8O4S/c1-3-43-23-9-4-18(5-10-23)25-11-6-19(16-33-25)24-12-13-38-28(32)27(44(2,41)42)26(36-30(24)38)20-14-21-7-8-22(15-20)39(21)31(40)29-34-17-35-37-29/h4-6,9-13,16-17,20-22H,3,7-8,14-15,32H2,1-2H3,(H,34,35,37)/t20-,21-,22+. The molecule has 0 radical (unpaired) electrons. The number of fused-ring (bicyclic) bond motifs is 3. The molecule has 2 aliphatic heterocycles. The number of aromatic amines is 1. The van der Waals surface area contributed by atoms with Gasteiger partial charge in [0.15, 0.2) is 9.84 Å². The molecule has 4 aromatic heterocycles. The number of anilines is 1. The van der Waals surface area contributed by atoms with E-state index in [9.17, 15) is 13.2 Å². The third-order valence-corrected chi connectivity index (χ3v) is 9.85. The van der Waals surface area contributed by atoms with Crippen LogP contribution in [0.5, 0.6) is 5.75 Å². The van der Waals surface area contributed by atoms with Gasteiger partial charge in [-0.3, -0.25) is 14.2 Å². The average molecular weight is 613 g/mol. The quantitative estimate of drug-likeness (QED) is 0.275. The van der Waals surface area contributed by atoms with Gasteiger partial charge in [0.1, 0.15) is 28.4 Å². The molecule has 2 aliphatic rings. The third-order valence-electron chi connectivity index (χ3n) is 8.69. The van der Waals surface area contributed by atoms with Crippen LogP contribution >= 0.6 is 0 Å². The number of nitrogen functional groups attached to an aromatic ring is 1. The number of aromatic nitrogens is 6. The van der Waals surface area contributed by atoms with Gasteiger partial charge in [-0.25, -0.2) is 13.4 Å². The minimum Gasteiger partial charge on any atom is -0.494 e. The van der Waals surface area contributed by atoms with E-state index in [4.69, 9.17) is 20.4 Å². The first-order valence-corrected chi connectivity index (χ1v) is 16.5. The third kappa shape index (κ3) is 4.77. The Bertz CT molecular complexity index is 1940. The number of nitrogens with zero attached hydrogens (tertiary/aromatic N) is 6. The van der Waals surface area contributed by atoms with Crippen LogP contribution in [-0.2, 0) is 9.84 Å². The summed E-state index contributed by atoms with van der Waals surface area (Å²) in [5.41, 5.74) is 11.0. The second-order valence-corrected chi connectivity index (χ2v) is 13.4. The Morgan fingerprint density at radius 1 is 1.07 bits per heavy atom. The number of rotatable bonds is 7. The van der Waals surface area contributed by atoms with Crippen molar-refractivity contribution >= 4 is 27.2 Å². The highest BCUT2D eigenvalue weighted by atomic mass is 32.2. The van der Waals surface area contributed by atoms with Crippen molar-refractivity contribution in [1.82, 2.24) is 34.4 Å². The van der Waals surface area contributed by atoms with Crippen LogP contribution in [-0.4, -0.2) is 73.7 Å². The van der Waals surface area contributed by atoms with Crippen molar-refractivity contribution in [2.24, 2.45) is 0 Å². The minimum atomic E-state index is -3.72. The number of sulfone groups is 1. The molecule has 0 unspecified atom stereocenters. The van der Waals surface area contributed by atoms with Gasteiger partial charge < -0.3 is 20.4 Å². The molecule has 12 nitrogen and oxygen atoms in total. The smallest absolute Gasteiger partial charge is 0.292 e.